The van der Waals surface area contributed by atoms with Crippen LogP contribution >= 0.6 is 23.2 Å². The van der Waals surface area contributed by atoms with Gasteiger partial charge in [0, 0.05) is 23.1 Å². The van der Waals surface area contributed by atoms with E-state index in [4.69, 9.17) is 23.2 Å². The summed E-state index contributed by atoms with van der Waals surface area (Å²) < 4.78 is 26.5. The molecular formula is C12H16Cl2N2O2S. The van der Waals surface area contributed by atoms with Gasteiger partial charge in [0.25, 0.3) is 0 Å². The molecule has 0 aromatic heterocycles. The summed E-state index contributed by atoms with van der Waals surface area (Å²) in [6.45, 7) is 1.90. The van der Waals surface area contributed by atoms with Crippen molar-refractivity contribution in [2.45, 2.75) is 11.3 Å². The van der Waals surface area contributed by atoms with E-state index < -0.39 is 10.0 Å². The van der Waals surface area contributed by atoms with Crippen molar-refractivity contribution in [1.29, 1.82) is 0 Å². The Morgan fingerprint density at radius 1 is 1.32 bits per heavy atom. The average molecular weight is 323 g/mol. The highest BCUT2D eigenvalue weighted by atomic mass is 35.5. The largest absolute Gasteiger partial charge is 0.319 e. The first kappa shape index (κ1) is 15.1. The summed E-state index contributed by atoms with van der Waals surface area (Å²) in [5.74, 6) is 0.356. The van der Waals surface area contributed by atoms with Gasteiger partial charge in [-0.3, -0.25) is 0 Å². The number of sulfonamides is 1. The lowest BCUT2D eigenvalue weighted by molar-refractivity contribution is 0.451. The molecule has 1 heterocycles. The van der Waals surface area contributed by atoms with Crippen LogP contribution in [0, 0.1) is 5.92 Å². The topological polar surface area (TPSA) is 49.4 Å². The second kappa shape index (κ2) is 5.97. The number of hydrogen-bond donors (Lipinski definition) is 1. The van der Waals surface area contributed by atoms with E-state index in [1.807, 2.05) is 7.05 Å². The Bertz CT molecular complexity index is 543. The molecule has 1 fully saturated rings. The maximum absolute atomic E-state index is 12.5. The van der Waals surface area contributed by atoms with Gasteiger partial charge in [0.2, 0.25) is 10.0 Å². The van der Waals surface area contributed by atoms with Crippen molar-refractivity contribution >= 4 is 33.2 Å². The van der Waals surface area contributed by atoms with Gasteiger partial charge >= 0.3 is 0 Å². The predicted molar refractivity (Wildman–Crippen MR) is 77.3 cm³/mol. The third-order valence-electron chi connectivity index (χ3n) is 3.22. The molecule has 0 radical (unpaired) electrons. The van der Waals surface area contributed by atoms with Crippen molar-refractivity contribution in [2.75, 3.05) is 26.7 Å². The predicted octanol–water partition coefficient (Wildman–Crippen LogP) is 2.22. The Balaban J connectivity index is 2.23. The Morgan fingerprint density at radius 2 is 1.95 bits per heavy atom. The molecule has 1 aromatic rings. The number of halogens is 2. The van der Waals surface area contributed by atoms with Crippen LogP contribution in [-0.4, -0.2) is 39.4 Å². The monoisotopic (exact) mass is 322 g/mol. The Labute approximate surface area is 123 Å². The highest BCUT2D eigenvalue weighted by Crippen LogP contribution is 2.28. The highest BCUT2D eigenvalue weighted by molar-refractivity contribution is 7.89. The number of benzene rings is 1. The quantitative estimate of drug-likeness (QED) is 0.924. The lowest BCUT2D eigenvalue weighted by Gasteiger charge is -2.17. The SMILES string of the molecule is CNC[C@H]1CCN(S(=O)(=O)c2cc(Cl)cc(Cl)c2)C1. The van der Waals surface area contributed by atoms with Gasteiger partial charge in [-0.2, -0.15) is 4.31 Å². The zero-order chi connectivity index (χ0) is 14.0. The zero-order valence-electron chi connectivity index (χ0n) is 10.6. The van der Waals surface area contributed by atoms with Crippen LogP contribution in [0.3, 0.4) is 0 Å². The molecule has 1 aliphatic heterocycles. The minimum absolute atomic E-state index is 0.162. The van der Waals surface area contributed by atoms with E-state index in [2.05, 4.69) is 5.32 Å². The number of nitrogens with zero attached hydrogens (tertiary/aromatic N) is 1. The first-order valence-electron chi connectivity index (χ1n) is 6.04. The molecular weight excluding hydrogens is 307 g/mol. The third kappa shape index (κ3) is 3.41. The molecule has 1 atom stereocenters. The van der Waals surface area contributed by atoms with Crippen LogP contribution in [0.5, 0.6) is 0 Å². The van der Waals surface area contributed by atoms with Crippen molar-refractivity contribution in [3.8, 4) is 0 Å². The van der Waals surface area contributed by atoms with E-state index in [-0.39, 0.29) is 4.90 Å². The van der Waals surface area contributed by atoms with Crippen molar-refractivity contribution < 1.29 is 8.42 Å². The van der Waals surface area contributed by atoms with Gasteiger partial charge < -0.3 is 5.32 Å². The molecule has 4 nitrogen and oxygen atoms in total. The fourth-order valence-electron chi connectivity index (χ4n) is 2.30. The van der Waals surface area contributed by atoms with Gasteiger partial charge in [0.1, 0.15) is 0 Å². The maximum atomic E-state index is 12.5. The molecule has 106 valence electrons. The van der Waals surface area contributed by atoms with Gasteiger partial charge in [-0.25, -0.2) is 8.42 Å². The first-order valence-corrected chi connectivity index (χ1v) is 8.24. The van der Waals surface area contributed by atoms with Gasteiger partial charge in [0.05, 0.1) is 4.90 Å². The van der Waals surface area contributed by atoms with Crippen LogP contribution in [0.25, 0.3) is 0 Å². The number of rotatable bonds is 4. The maximum Gasteiger partial charge on any atom is 0.243 e. The minimum atomic E-state index is -3.50. The lowest BCUT2D eigenvalue weighted by atomic mass is 10.1. The van der Waals surface area contributed by atoms with E-state index in [0.29, 0.717) is 29.1 Å². The fourth-order valence-corrected chi connectivity index (χ4v) is 4.56. The van der Waals surface area contributed by atoms with Crippen molar-refractivity contribution in [1.82, 2.24) is 9.62 Å². The van der Waals surface area contributed by atoms with Crippen LogP contribution in [-0.2, 0) is 10.0 Å². The second-order valence-corrected chi connectivity index (χ2v) is 7.49. The normalized spacial score (nSPS) is 20.9. The van der Waals surface area contributed by atoms with E-state index in [1.165, 1.54) is 22.5 Å². The summed E-state index contributed by atoms with van der Waals surface area (Å²) in [4.78, 5) is 0.162. The van der Waals surface area contributed by atoms with Crippen LogP contribution in [0.1, 0.15) is 6.42 Å². The Hall–Kier alpha value is -0.330. The van der Waals surface area contributed by atoms with E-state index in [9.17, 15) is 8.42 Å². The summed E-state index contributed by atoms with van der Waals surface area (Å²) in [6.07, 6.45) is 0.869. The van der Waals surface area contributed by atoms with Gasteiger partial charge in [-0.1, -0.05) is 23.2 Å². The van der Waals surface area contributed by atoms with Gasteiger partial charge in [-0.05, 0) is 44.1 Å². The molecule has 1 aromatic carbocycles. The molecule has 7 heteroatoms. The molecule has 0 saturated carbocycles. The third-order valence-corrected chi connectivity index (χ3v) is 5.49. The molecule has 0 bridgehead atoms. The molecule has 0 unspecified atom stereocenters. The standard InChI is InChI=1S/C12H16Cl2N2O2S/c1-15-7-9-2-3-16(8-9)19(17,18)12-5-10(13)4-11(14)6-12/h4-6,9,15H,2-3,7-8H2,1H3/t9-/m1/s1. The van der Waals surface area contributed by atoms with Gasteiger partial charge in [0.15, 0.2) is 0 Å². The zero-order valence-corrected chi connectivity index (χ0v) is 12.9. The lowest BCUT2D eigenvalue weighted by Crippen LogP contribution is -2.30. The van der Waals surface area contributed by atoms with Crippen molar-refractivity contribution in [3.63, 3.8) is 0 Å². The molecule has 2 rings (SSSR count). The summed E-state index contributed by atoms with van der Waals surface area (Å²) in [5.41, 5.74) is 0. The van der Waals surface area contributed by atoms with E-state index >= 15 is 0 Å². The van der Waals surface area contributed by atoms with Crippen LogP contribution < -0.4 is 5.32 Å². The van der Waals surface area contributed by atoms with E-state index in [1.54, 1.807) is 0 Å². The first-order chi connectivity index (χ1) is 8.93. The van der Waals surface area contributed by atoms with Crippen LogP contribution in [0.4, 0.5) is 0 Å². The molecule has 0 aliphatic carbocycles. The highest BCUT2D eigenvalue weighted by Gasteiger charge is 2.32. The molecule has 1 saturated heterocycles. The Morgan fingerprint density at radius 3 is 2.53 bits per heavy atom. The summed E-state index contributed by atoms with van der Waals surface area (Å²) in [5, 5.41) is 3.74. The van der Waals surface area contributed by atoms with Crippen molar-refractivity contribution in [3.05, 3.63) is 28.2 Å². The molecule has 1 aliphatic rings. The summed E-state index contributed by atoms with van der Waals surface area (Å²) in [6, 6.07) is 4.40. The molecule has 1 N–H and O–H groups in total. The second-order valence-electron chi connectivity index (χ2n) is 4.68. The van der Waals surface area contributed by atoms with Crippen LogP contribution in [0.2, 0.25) is 10.0 Å². The molecule has 19 heavy (non-hydrogen) atoms. The van der Waals surface area contributed by atoms with Crippen LogP contribution in [0.15, 0.2) is 23.1 Å². The minimum Gasteiger partial charge on any atom is -0.319 e. The summed E-state index contributed by atoms with van der Waals surface area (Å²) in [7, 11) is -1.63. The number of nitrogens with one attached hydrogen (secondary N) is 1. The Kier molecular flexibility index (Phi) is 4.74. The van der Waals surface area contributed by atoms with Crippen molar-refractivity contribution in [2.24, 2.45) is 5.92 Å². The van der Waals surface area contributed by atoms with Gasteiger partial charge in [-0.15, -0.1) is 0 Å². The smallest absolute Gasteiger partial charge is 0.243 e. The summed E-state index contributed by atoms with van der Waals surface area (Å²) >= 11 is 11.7. The number of hydrogen-bond acceptors (Lipinski definition) is 3. The molecule has 0 spiro atoms. The fraction of sp³-hybridized carbons (Fsp3) is 0.500. The average Bonchev–Trinajstić information content (AvgIpc) is 2.77. The van der Waals surface area contributed by atoms with E-state index in [0.717, 1.165) is 13.0 Å². The molecule has 0 amide bonds.